The number of rotatable bonds is 11. The van der Waals surface area contributed by atoms with E-state index in [0.29, 0.717) is 19.8 Å². The van der Waals surface area contributed by atoms with Gasteiger partial charge in [-0.05, 0) is 42.5 Å². The molecule has 0 fully saturated rings. The van der Waals surface area contributed by atoms with Crippen LogP contribution in [0, 0.1) is 0 Å². The van der Waals surface area contributed by atoms with Gasteiger partial charge in [-0.15, -0.1) is 24.0 Å². The quantitative estimate of drug-likeness (QED) is 0.227. The Morgan fingerprint density at radius 3 is 2.75 bits per heavy atom. The molecule has 0 aliphatic heterocycles. The summed E-state index contributed by atoms with van der Waals surface area (Å²) < 4.78 is 10.6. The molecule has 0 spiro atoms. The molecule has 0 saturated heterocycles. The van der Waals surface area contributed by atoms with Gasteiger partial charge in [0.2, 0.25) is 0 Å². The van der Waals surface area contributed by atoms with Gasteiger partial charge in [0.1, 0.15) is 12.4 Å². The van der Waals surface area contributed by atoms with E-state index in [4.69, 9.17) is 9.47 Å². The molecular weight excluding hydrogens is 437 g/mol. The van der Waals surface area contributed by atoms with E-state index >= 15 is 0 Å². The Labute approximate surface area is 167 Å². The molecule has 0 unspecified atom stereocenters. The van der Waals surface area contributed by atoms with E-state index in [-0.39, 0.29) is 24.0 Å². The van der Waals surface area contributed by atoms with Crippen LogP contribution in [0.2, 0.25) is 0 Å². The van der Waals surface area contributed by atoms with E-state index in [0.717, 1.165) is 30.2 Å². The van der Waals surface area contributed by atoms with Gasteiger partial charge in [0, 0.05) is 27.2 Å². The molecular formula is C17H30IN3O2S. The summed E-state index contributed by atoms with van der Waals surface area (Å²) >= 11 is 1.89. The number of nitrogens with one attached hydrogen (secondary N) is 2. The Balaban J connectivity index is 0.00000529. The number of nitrogens with zero attached hydrogens (tertiary/aromatic N) is 1. The zero-order chi connectivity index (χ0) is 16.8. The van der Waals surface area contributed by atoms with Crippen LogP contribution in [0.4, 0.5) is 0 Å². The van der Waals surface area contributed by atoms with Crippen LogP contribution in [0.1, 0.15) is 18.4 Å². The third kappa shape index (κ3) is 11.0. The Hall–Kier alpha value is -0.670. The number of methoxy groups -OCH3 is 1. The minimum Gasteiger partial charge on any atom is -0.491 e. The summed E-state index contributed by atoms with van der Waals surface area (Å²) in [6, 6.07) is 8.06. The van der Waals surface area contributed by atoms with Crippen LogP contribution in [-0.4, -0.2) is 51.9 Å². The smallest absolute Gasteiger partial charge is 0.191 e. The average molecular weight is 467 g/mol. The van der Waals surface area contributed by atoms with E-state index in [1.165, 1.54) is 12.2 Å². The second kappa shape index (κ2) is 15.8. The molecule has 138 valence electrons. The summed E-state index contributed by atoms with van der Waals surface area (Å²) in [7, 11) is 3.46. The first kappa shape index (κ1) is 23.3. The number of guanidine groups is 1. The van der Waals surface area contributed by atoms with Crippen molar-refractivity contribution < 1.29 is 9.47 Å². The highest BCUT2D eigenvalue weighted by Crippen LogP contribution is 2.13. The van der Waals surface area contributed by atoms with Gasteiger partial charge in [0.25, 0.3) is 0 Å². The second-order valence-corrected chi connectivity index (χ2v) is 6.03. The van der Waals surface area contributed by atoms with Crippen molar-refractivity contribution in [3.05, 3.63) is 29.8 Å². The lowest BCUT2D eigenvalue weighted by Crippen LogP contribution is -2.37. The van der Waals surface area contributed by atoms with Crippen molar-refractivity contribution in [2.45, 2.75) is 19.4 Å². The van der Waals surface area contributed by atoms with Gasteiger partial charge in [0.15, 0.2) is 5.96 Å². The van der Waals surface area contributed by atoms with Crippen LogP contribution in [-0.2, 0) is 11.3 Å². The third-order valence-corrected chi connectivity index (χ3v) is 3.90. The van der Waals surface area contributed by atoms with Gasteiger partial charge >= 0.3 is 0 Å². The normalized spacial score (nSPS) is 10.9. The minimum atomic E-state index is 0. The molecule has 5 nitrogen and oxygen atoms in total. The summed E-state index contributed by atoms with van der Waals surface area (Å²) in [5.41, 5.74) is 1.16. The highest BCUT2D eigenvalue weighted by atomic mass is 127. The van der Waals surface area contributed by atoms with Crippen molar-refractivity contribution in [3.8, 4) is 5.75 Å². The highest BCUT2D eigenvalue weighted by Gasteiger charge is 2.00. The molecule has 7 heteroatoms. The number of halogens is 1. The van der Waals surface area contributed by atoms with Gasteiger partial charge in [-0.25, -0.2) is 0 Å². The van der Waals surface area contributed by atoms with Crippen LogP contribution >= 0.6 is 35.7 Å². The Morgan fingerprint density at radius 2 is 2.04 bits per heavy atom. The molecule has 0 atom stereocenters. The van der Waals surface area contributed by atoms with E-state index < -0.39 is 0 Å². The number of benzene rings is 1. The topological polar surface area (TPSA) is 54.9 Å². The molecule has 0 amide bonds. The zero-order valence-corrected chi connectivity index (χ0v) is 18.0. The van der Waals surface area contributed by atoms with Crippen LogP contribution in [0.5, 0.6) is 5.75 Å². The Kier molecular flexibility index (Phi) is 15.4. The largest absolute Gasteiger partial charge is 0.491 e. The molecule has 0 radical (unpaired) electrons. The predicted molar refractivity (Wildman–Crippen MR) is 115 cm³/mol. The Morgan fingerprint density at radius 1 is 1.21 bits per heavy atom. The van der Waals surface area contributed by atoms with Gasteiger partial charge in [0.05, 0.1) is 6.61 Å². The third-order valence-electron chi connectivity index (χ3n) is 3.21. The summed E-state index contributed by atoms with van der Waals surface area (Å²) in [6.07, 6.45) is 4.53. The van der Waals surface area contributed by atoms with Crippen molar-refractivity contribution in [2.24, 2.45) is 4.99 Å². The molecule has 24 heavy (non-hydrogen) atoms. The maximum absolute atomic E-state index is 5.62. The first-order chi connectivity index (χ1) is 11.3. The van der Waals surface area contributed by atoms with Gasteiger partial charge in [-0.1, -0.05) is 12.1 Å². The van der Waals surface area contributed by atoms with Crippen molar-refractivity contribution in [1.29, 1.82) is 0 Å². The maximum Gasteiger partial charge on any atom is 0.191 e. The summed E-state index contributed by atoms with van der Waals surface area (Å²) in [6.45, 7) is 2.81. The van der Waals surface area contributed by atoms with E-state index in [9.17, 15) is 0 Å². The standard InChI is InChI=1S/C17H29N3O2S.HI/c1-18-17(19-9-4-5-12-23-3)20-14-15-7-6-8-16(13-15)22-11-10-21-2;/h6-8,13H,4-5,9-12,14H2,1-3H3,(H2,18,19,20);1H. The van der Waals surface area contributed by atoms with Crippen molar-refractivity contribution in [2.75, 3.05) is 45.9 Å². The molecule has 0 heterocycles. The number of hydrogen-bond donors (Lipinski definition) is 2. The van der Waals surface area contributed by atoms with Crippen LogP contribution < -0.4 is 15.4 Å². The van der Waals surface area contributed by atoms with E-state index in [1.54, 1.807) is 14.2 Å². The van der Waals surface area contributed by atoms with Crippen LogP contribution in [0.3, 0.4) is 0 Å². The summed E-state index contributed by atoms with van der Waals surface area (Å²) in [5, 5.41) is 6.66. The SMILES string of the molecule is CN=C(NCCCCSC)NCc1cccc(OCCOC)c1.I. The zero-order valence-electron chi connectivity index (χ0n) is 14.8. The monoisotopic (exact) mass is 467 g/mol. The van der Waals surface area contributed by atoms with Crippen molar-refractivity contribution >= 4 is 41.7 Å². The molecule has 1 aromatic rings. The molecule has 0 aromatic heterocycles. The molecule has 0 saturated carbocycles. The minimum absolute atomic E-state index is 0. The van der Waals surface area contributed by atoms with Gasteiger partial charge in [-0.2, -0.15) is 11.8 Å². The van der Waals surface area contributed by atoms with E-state index in [2.05, 4.69) is 27.9 Å². The lowest BCUT2D eigenvalue weighted by Gasteiger charge is -2.12. The molecule has 1 aromatic carbocycles. The highest BCUT2D eigenvalue weighted by molar-refractivity contribution is 14.0. The lowest BCUT2D eigenvalue weighted by molar-refractivity contribution is 0.146. The molecule has 1 rings (SSSR count). The molecule has 0 aliphatic rings. The first-order valence-corrected chi connectivity index (χ1v) is 9.33. The van der Waals surface area contributed by atoms with Crippen LogP contribution in [0.25, 0.3) is 0 Å². The fourth-order valence-corrected chi connectivity index (χ4v) is 2.47. The Bertz CT molecular complexity index is 461. The number of ether oxygens (including phenoxy) is 2. The lowest BCUT2D eigenvalue weighted by atomic mass is 10.2. The number of hydrogen-bond acceptors (Lipinski definition) is 4. The number of unbranched alkanes of at least 4 members (excludes halogenated alkanes) is 1. The predicted octanol–water partition coefficient (Wildman–Crippen LogP) is 3.14. The fraction of sp³-hybridized carbons (Fsp3) is 0.588. The van der Waals surface area contributed by atoms with Crippen LogP contribution in [0.15, 0.2) is 29.3 Å². The maximum atomic E-state index is 5.62. The van der Waals surface area contributed by atoms with Crippen molar-refractivity contribution in [3.63, 3.8) is 0 Å². The molecule has 0 bridgehead atoms. The van der Waals surface area contributed by atoms with Crippen molar-refractivity contribution in [1.82, 2.24) is 10.6 Å². The average Bonchev–Trinajstić information content (AvgIpc) is 2.58. The number of thioether (sulfide) groups is 1. The van der Waals surface area contributed by atoms with E-state index in [1.807, 2.05) is 30.0 Å². The number of aliphatic imine (C=N–C) groups is 1. The molecule has 2 N–H and O–H groups in total. The second-order valence-electron chi connectivity index (χ2n) is 5.04. The fourth-order valence-electron chi connectivity index (χ4n) is 1.97. The molecule has 0 aliphatic carbocycles. The summed E-state index contributed by atoms with van der Waals surface area (Å²) in [4.78, 5) is 4.25. The summed E-state index contributed by atoms with van der Waals surface area (Å²) in [5.74, 6) is 2.91. The van der Waals surface area contributed by atoms with Gasteiger partial charge in [-0.3, -0.25) is 4.99 Å². The van der Waals surface area contributed by atoms with Gasteiger partial charge < -0.3 is 20.1 Å². The first-order valence-electron chi connectivity index (χ1n) is 7.94.